The van der Waals surface area contributed by atoms with Crippen molar-refractivity contribution in [3.05, 3.63) is 23.5 Å². The SMILES string of the molecule is COC(=O)c1cc(C(=O)C(Cl)(Cl)Cl)cn1C(C)C1CC1. The number of Topliss-reactive ketones (excluding diaryl/α,β-unsaturated/α-hetero) is 1. The maximum absolute atomic E-state index is 12.0. The summed E-state index contributed by atoms with van der Waals surface area (Å²) in [5.74, 6) is -0.670. The number of carbonyl (C=O) groups excluding carboxylic acids is 2. The number of nitrogens with zero attached hydrogens (tertiary/aromatic N) is 1. The molecule has 1 aromatic heterocycles. The van der Waals surface area contributed by atoms with Crippen LogP contribution in [0.2, 0.25) is 0 Å². The largest absolute Gasteiger partial charge is 0.464 e. The molecule has 2 rings (SSSR count). The number of esters is 1. The second kappa shape index (κ2) is 5.58. The second-order valence-corrected chi connectivity index (χ2v) is 7.20. The molecule has 0 bridgehead atoms. The summed E-state index contributed by atoms with van der Waals surface area (Å²) in [5.41, 5.74) is 0.488. The van der Waals surface area contributed by atoms with Gasteiger partial charge in [0.05, 0.1) is 7.11 Å². The fourth-order valence-corrected chi connectivity index (χ4v) is 2.51. The molecule has 110 valence electrons. The van der Waals surface area contributed by atoms with Crippen LogP contribution in [0.3, 0.4) is 0 Å². The molecule has 1 aromatic rings. The molecule has 0 N–H and O–H groups in total. The summed E-state index contributed by atoms with van der Waals surface area (Å²) in [4.78, 5) is 23.8. The Morgan fingerprint density at radius 3 is 2.45 bits per heavy atom. The Labute approximate surface area is 131 Å². The third-order valence-corrected chi connectivity index (χ3v) is 4.02. The van der Waals surface area contributed by atoms with Gasteiger partial charge < -0.3 is 9.30 Å². The Morgan fingerprint density at radius 2 is 2.00 bits per heavy atom. The average Bonchev–Trinajstić information content (AvgIpc) is 3.13. The summed E-state index contributed by atoms with van der Waals surface area (Å²) in [6, 6.07) is 1.51. The fraction of sp³-hybridized carbons (Fsp3) is 0.538. The number of alkyl halides is 3. The van der Waals surface area contributed by atoms with Crippen LogP contribution in [0.25, 0.3) is 0 Å². The Kier molecular flexibility index (Phi) is 4.38. The van der Waals surface area contributed by atoms with Crippen molar-refractivity contribution in [1.82, 2.24) is 4.57 Å². The minimum Gasteiger partial charge on any atom is -0.464 e. The number of halogens is 3. The van der Waals surface area contributed by atoms with E-state index in [1.807, 2.05) is 6.92 Å². The van der Waals surface area contributed by atoms with E-state index in [0.717, 1.165) is 12.8 Å². The summed E-state index contributed by atoms with van der Waals surface area (Å²) < 4.78 is 4.43. The van der Waals surface area contributed by atoms with Gasteiger partial charge in [0.15, 0.2) is 0 Å². The van der Waals surface area contributed by atoms with Gasteiger partial charge in [-0.3, -0.25) is 4.79 Å². The van der Waals surface area contributed by atoms with Crippen LogP contribution in [0, 0.1) is 5.92 Å². The molecule has 0 amide bonds. The highest BCUT2D eigenvalue weighted by molar-refractivity contribution is 6.77. The number of aromatic nitrogens is 1. The monoisotopic (exact) mass is 337 g/mol. The number of hydrogen-bond acceptors (Lipinski definition) is 3. The standard InChI is InChI=1S/C13H14Cl3NO3/c1-7(8-3-4-8)17-6-9(11(18)13(14,15)16)5-10(17)12(19)20-2/h5-8H,3-4H2,1-2H3. The molecule has 0 radical (unpaired) electrons. The lowest BCUT2D eigenvalue weighted by Gasteiger charge is -2.15. The first-order valence-corrected chi connectivity index (χ1v) is 7.30. The fourth-order valence-electron chi connectivity index (χ4n) is 2.18. The molecule has 0 spiro atoms. The highest BCUT2D eigenvalue weighted by Gasteiger charge is 2.36. The number of hydrogen-bond donors (Lipinski definition) is 0. The van der Waals surface area contributed by atoms with E-state index in [1.165, 1.54) is 13.2 Å². The molecule has 1 heterocycles. The Bertz CT molecular complexity index is 544. The van der Waals surface area contributed by atoms with Crippen LogP contribution in [-0.2, 0) is 4.74 Å². The van der Waals surface area contributed by atoms with Crippen LogP contribution in [0.4, 0.5) is 0 Å². The first-order valence-electron chi connectivity index (χ1n) is 6.17. The zero-order valence-corrected chi connectivity index (χ0v) is 13.3. The van der Waals surface area contributed by atoms with Crippen molar-refractivity contribution >= 4 is 46.6 Å². The maximum atomic E-state index is 12.0. The maximum Gasteiger partial charge on any atom is 0.354 e. The van der Waals surface area contributed by atoms with E-state index < -0.39 is 15.5 Å². The number of methoxy groups -OCH3 is 1. The van der Waals surface area contributed by atoms with Crippen molar-refractivity contribution in [2.24, 2.45) is 5.92 Å². The van der Waals surface area contributed by atoms with Gasteiger partial charge in [0, 0.05) is 17.8 Å². The lowest BCUT2D eigenvalue weighted by molar-refractivity contribution is 0.0585. The van der Waals surface area contributed by atoms with Gasteiger partial charge in [0.2, 0.25) is 5.78 Å². The quantitative estimate of drug-likeness (QED) is 0.476. The smallest absolute Gasteiger partial charge is 0.354 e. The van der Waals surface area contributed by atoms with Crippen LogP contribution < -0.4 is 0 Å². The highest BCUT2D eigenvalue weighted by atomic mass is 35.6. The third kappa shape index (κ3) is 3.13. The van der Waals surface area contributed by atoms with Crippen molar-refractivity contribution in [2.45, 2.75) is 29.6 Å². The molecule has 7 heteroatoms. The summed E-state index contributed by atoms with van der Waals surface area (Å²) in [5, 5.41) is 0. The zero-order chi connectivity index (χ0) is 15.1. The molecule has 0 aromatic carbocycles. The van der Waals surface area contributed by atoms with E-state index >= 15 is 0 Å². The summed E-state index contributed by atoms with van der Waals surface area (Å²) >= 11 is 16.8. The van der Waals surface area contributed by atoms with E-state index in [-0.39, 0.29) is 11.6 Å². The molecule has 1 saturated carbocycles. The predicted molar refractivity (Wildman–Crippen MR) is 77.8 cm³/mol. The lowest BCUT2D eigenvalue weighted by Crippen LogP contribution is -2.18. The summed E-state index contributed by atoms with van der Waals surface area (Å²) in [7, 11) is 1.29. The van der Waals surface area contributed by atoms with E-state index in [4.69, 9.17) is 39.5 Å². The van der Waals surface area contributed by atoms with Gasteiger partial charge >= 0.3 is 5.97 Å². The van der Waals surface area contributed by atoms with E-state index in [0.29, 0.717) is 11.6 Å². The predicted octanol–water partition coefficient (Wildman–Crippen LogP) is 3.80. The highest BCUT2D eigenvalue weighted by Crippen LogP contribution is 2.41. The first kappa shape index (κ1) is 15.7. The summed E-state index contributed by atoms with van der Waals surface area (Å²) in [6.07, 6.45) is 3.76. The van der Waals surface area contributed by atoms with E-state index in [2.05, 4.69) is 0 Å². The topological polar surface area (TPSA) is 48.3 Å². The van der Waals surface area contributed by atoms with E-state index in [9.17, 15) is 9.59 Å². The molecule has 0 saturated heterocycles. The van der Waals surface area contributed by atoms with Gasteiger partial charge in [0.25, 0.3) is 3.79 Å². The first-order chi connectivity index (χ1) is 9.25. The molecule has 20 heavy (non-hydrogen) atoms. The van der Waals surface area contributed by atoms with Crippen molar-refractivity contribution in [2.75, 3.05) is 7.11 Å². The lowest BCUT2D eigenvalue weighted by atomic mass is 10.2. The van der Waals surface area contributed by atoms with Gasteiger partial charge in [0.1, 0.15) is 5.69 Å². The second-order valence-electron chi connectivity index (χ2n) is 4.92. The number of ether oxygens (including phenoxy) is 1. The Morgan fingerprint density at radius 1 is 1.40 bits per heavy atom. The molecule has 1 aliphatic rings. The molecular weight excluding hydrogens is 325 g/mol. The van der Waals surface area contributed by atoms with Gasteiger partial charge in [-0.2, -0.15) is 0 Å². The molecular formula is C13H14Cl3NO3. The number of ketones is 1. The molecule has 1 fully saturated rings. The van der Waals surface area contributed by atoms with Crippen molar-refractivity contribution < 1.29 is 14.3 Å². The molecule has 1 aliphatic carbocycles. The van der Waals surface area contributed by atoms with Crippen molar-refractivity contribution in [3.63, 3.8) is 0 Å². The van der Waals surface area contributed by atoms with Crippen LogP contribution in [0.15, 0.2) is 12.3 Å². The van der Waals surface area contributed by atoms with E-state index in [1.54, 1.807) is 10.8 Å². The van der Waals surface area contributed by atoms with Crippen molar-refractivity contribution in [3.8, 4) is 0 Å². The molecule has 1 unspecified atom stereocenters. The van der Waals surface area contributed by atoms with Gasteiger partial charge in [-0.25, -0.2) is 4.79 Å². The minimum atomic E-state index is -2.04. The Hall–Kier alpha value is -0.710. The van der Waals surface area contributed by atoms with Crippen LogP contribution in [0.5, 0.6) is 0 Å². The van der Waals surface area contributed by atoms with Crippen molar-refractivity contribution in [1.29, 1.82) is 0 Å². The third-order valence-electron chi connectivity index (χ3n) is 3.51. The summed E-state index contributed by atoms with van der Waals surface area (Å²) in [6.45, 7) is 1.99. The molecule has 4 nitrogen and oxygen atoms in total. The van der Waals surface area contributed by atoms with Crippen LogP contribution in [0.1, 0.15) is 46.7 Å². The number of carbonyl (C=O) groups is 2. The van der Waals surface area contributed by atoms with Crippen LogP contribution >= 0.6 is 34.8 Å². The number of rotatable bonds is 4. The molecule has 0 aliphatic heterocycles. The van der Waals surface area contributed by atoms with Gasteiger partial charge in [-0.15, -0.1) is 0 Å². The normalized spacial score (nSPS) is 16.9. The minimum absolute atomic E-state index is 0.0982. The van der Waals surface area contributed by atoms with Crippen LogP contribution in [-0.4, -0.2) is 27.2 Å². The van der Waals surface area contributed by atoms with Gasteiger partial charge in [-0.05, 0) is 31.7 Å². The molecule has 1 atom stereocenters. The Balaban J connectivity index is 2.41. The zero-order valence-electron chi connectivity index (χ0n) is 11.0. The average molecular weight is 339 g/mol. The van der Waals surface area contributed by atoms with Gasteiger partial charge in [-0.1, -0.05) is 34.8 Å².